The van der Waals surface area contributed by atoms with E-state index in [1.165, 1.54) is 0 Å². The first kappa shape index (κ1) is 18.4. The van der Waals surface area contributed by atoms with Crippen LogP contribution >= 0.6 is 0 Å². The van der Waals surface area contributed by atoms with Crippen molar-refractivity contribution >= 4 is 5.91 Å². The van der Waals surface area contributed by atoms with E-state index in [0.717, 1.165) is 38.3 Å². The van der Waals surface area contributed by atoms with Gasteiger partial charge in [-0.1, -0.05) is 42.5 Å². The molecule has 4 rings (SSSR count). The van der Waals surface area contributed by atoms with E-state index in [4.69, 9.17) is 4.42 Å². The molecule has 6 nitrogen and oxygen atoms in total. The van der Waals surface area contributed by atoms with E-state index in [1.54, 1.807) is 6.20 Å². The van der Waals surface area contributed by atoms with Crippen LogP contribution in [-0.2, 0) is 0 Å². The number of carbonyl (C=O) groups excluding carboxylic acids is 1. The highest BCUT2D eigenvalue weighted by atomic mass is 16.4. The second kappa shape index (κ2) is 8.82. The first-order valence-electron chi connectivity index (χ1n) is 9.63. The van der Waals surface area contributed by atoms with E-state index in [9.17, 15) is 4.79 Å². The molecular formula is C22H24N4O2. The zero-order chi connectivity index (χ0) is 19.2. The molecule has 2 heterocycles. The Morgan fingerprint density at radius 2 is 1.82 bits per heavy atom. The molecule has 0 saturated carbocycles. The summed E-state index contributed by atoms with van der Waals surface area (Å²) in [5.74, 6) is 1.03. The van der Waals surface area contributed by atoms with Crippen molar-refractivity contribution in [3.63, 3.8) is 0 Å². The minimum Gasteiger partial charge on any atom is -0.436 e. The van der Waals surface area contributed by atoms with Crippen LogP contribution in [0.3, 0.4) is 0 Å². The summed E-state index contributed by atoms with van der Waals surface area (Å²) >= 11 is 0. The summed E-state index contributed by atoms with van der Waals surface area (Å²) in [6.45, 7) is 5.52. The maximum absolute atomic E-state index is 12.7. The Morgan fingerprint density at radius 3 is 2.64 bits per heavy atom. The molecule has 1 fully saturated rings. The number of piperazine rings is 1. The van der Waals surface area contributed by atoms with Crippen molar-refractivity contribution in [1.82, 2.24) is 20.5 Å². The smallest absolute Gasteiger partial charge is 0.252 e. The van der Waals surface area contributed by atoms with E-state index in [1.807, 2.05) is 54.6 Å². The van der Waals surface area contributed by atoms with Gasteiger partial charge < -0.3 is 15.1 Å². The largest absolute Gasteiger partial charge is 0.436 e. The zero-order valence-electron chi connectivity index (χ0n) is 15.7. The summed E-state index contributed by atoms with van der Waals surface area (Å²) in [6, 6.07) is 17.2. The molecule has 3 aromatic rings. The van der Waals surface area contributed by atoms with Gasteiger partial charge in [0.1, 0.15) is 0 Å². The predicted molar refractivity (Wildman–Crippen MR) is 109 cm³/mol. The molecule has 0 atom stereocenters. The number of nitrogens with zero attached hydrogens (tertiary/aromatic N) is 2. The number of rotatable bonds is 6. The van der Waals surface area contributed by atoms with Crippen LogP contribution in [0.15, 0.2) is 65.2 Å². The normalized spacial score (nSPS) is 14.7. The molecule has 144 valence electrons. The van der Waals surface area contributed by atoms with Gasteiger partial charge in [0.2, 0.25) is 5.89 Å². The Bertz CT molecular complexity index is 917. The lowest BCUT2D eigenvalue weighted by Gasteiger charge is -2.27. The highest BCUT2D eigenvalue weighted by Gasteiger charge is 2.17. The van der Waals surface area contributed by atoms with Crippen LogP contribution < -0.4 is 10.6 Å². The zero-order valence-corrected chi connectivity index (χ0v) is 15.7. The SMILES string of the molecule is O=C(NCCN1CCNCC1)c1ccccc1-c1ncc(-c2ccccc2)o1. The Hall–Kier alpha value is -2.96. The lowest BCUT2D eigenvalue weighted by molar-refractivity contribution is 0.0947. The van der Waals surface area contributed by atoms with Gasteiger partial charge in [-0.3, -0.25) is 9.69 Å². The predicted octanol–water partition coefficient (Wildman–Crippen LogP) is 2.64. The van der Waals surface area contributed by atoms with Crippen molar-refractivity contribution < 1.29 is 9.21 Å². The van der Waals surface area contributed by atoms with E-state index in [-0.39, 0.29) is 5.91 Å². The molecule has 0 bridgehead atoms. The van der Waals surface area contributed by atoms with Gasteiger partial charge in [-0.2, -0.15) is 0 Å². The van der Waals surface area contributed by atoms with Gasteiger partial charge in [-0.25, -0.2) is 4.98 Å². The van der Waals surface area contributed by atoms with E-state index in [2.05, 4.69) is 20.5 Å². The molecule has 1 saturated heterocycles. The topological polar surface area (TPSA) is 70.4 Å². The van der Waals surface area contributed by atoms with Crippen molar-refractivity contribution in [3.8, 4) is 22.8 Å². The standard InChI is InChI=1S/C22H24N4O2/c27-21(24-12-15-26-13-10-23-11-14-26)18-8-4-5-9-19(18)22-25-16-20(28-22)17-6-2-1-3-7-17/h1-9,16,23H,10-15H2,(H,24,27). The second-order valence-electron chi connectivity index (χ2n) is 6.79. The van der Waals surface area contributed by atoms with Crippen LogP contribution in [-0.4, -0.2) is 55.1 Å². The van der Waals surface area contributed by atoms with E-state index >= 15 is 0 Å². The molecule has 0 radical (unpaired) electrons. The van der Waals surface area contributed by atoms with Crippen LogP contribution in [0.2, 0.25) is 0 Å². The lowest BCUT2D eigenvalue weighted by atomic mass is 10.1. The van der Waals surface area contributed by atoms with Gasteiger partial charge in [0.05, 0.1) is 11.8 Å². The number of amides is 1. The summed E-state index contributed by atoms with van der Waals surface area (Å²) in [7, 11) is 0. The van der Waals surface area contributed by atoms with Crippen molar-refractivity contribution in [2.45, 2.75) is 0 Å². The van der Waals surface area contributed by atoms with Crippen LogP contribution in [0.5, 0.6) is 0 Å². The van der Waals surface area contributed by atoms with Gasteiger partial charge >= 0.3 is 0 Å². The average molecular weight is 376 g/mol. The number of oxazole rings is 1. The second-order valence-corrected chi connectivity index (χ2v) is 6.79. The van der Waals surface area contributed by atoms with Crippen molar-refractivity contribution in [2.75, 3.05) is 39.3 Å². The maximum Gasteiger partial charge on any atom is 0.252 e. The van der Waals surface area contributed by atoms with Crippen molar-refractivity contribution in [1.29, 1.82) is 0 Å². The molecule has 0 aliphatic carbocycles. The lowest BCUT2D eigenvalue weighted by Crippen LogP contribution is -2.46. The van der Waals surface area contributed by atoms with Gasteiger partial charge in [-0.05, 0) is 12.1 Å². The fourth-order valence-corrected chi connectivity index (χ4v) is 3.36. The summed E-state index contributed by atoms with van der Waals surface area (Å²) in [5, 5.41) is 6.36. The first-order valence-corrected chi connectivity index (χ1v) is 9.63. The average Bonchev–Trinajstić information content (AvgIpc) is 3.25. The Morgan fingerprint density at radius 1 is 1.07 bits per heavy atom. The quantitative estimate of drug-likeness (QED) is 0.692. The first-order chi connectivity index (χ1) is 13.8. The number of hydrogen-bond acceptors (Lipinski definition) is 5. The Kier molecular flexibility index (Phi) is 5.80. The van der Waals surface area contributed by atoms with E-state index in [0.29, 0.717) is 29.3 Å². The number of nitrogens with one attached hydrogen (secondary N) is 2. The van der Waals surface area contributed by atoms with Gasteiger partial charge in [0.25, 0.3) is 5.91 Å². The molecule has 0 unspecified atom stereocenters. The maximum atomic E-state index is 12.7. The molecular weight excluding hydrogens is 352 g/mol. The fraction of sp³-hybridized carbons (Fsp3) is 0.273. The highest BCUT2D eigenvalue weighted by molar-refractivity contribution is 6.00. The molecule has 6 heteroatoms. The van der Waals surface area contributed by atoms with Crippen LogP contribution in [0.25, 0.3) is 22.8 Å². The third kappa shape index (κ3) is 4.30. The summed E-state index contributed by atoms with van der Waals surface area (Å²) in [5.41, 5.74) is 2.23. The van der Waals surface area contributed by atoms with Gasteiger partial charge in [0.15, 0.2) is 5.76 Å². The van der Waals surface area contributed by atoms with E-state index < -0.39 is 0 Å². The van der Waals surface area contributed by atoms with Crippen molar-refractivity contribution in [2.24, 2.45) is 0 Å². The molecule has 1 amide bonds. The molecule has 1 aliphatic heterocycles. The van der Waals surface area contributed by atoms with Gasteiger partial charge in [-0.15, -0.1) is 0 Å². The fourth-order valence-electron chi connectivity index (χ4n) is 3.36. The molecule has 1 aromatic heterocycles. The summed E-state index contributed by atoms with van der Waals surface area (Å²) in [6.07, 6.45) is 1.70. The van der Waals surface area contributed by atoms with Crippen LogP contribution in [0.1, 0.15) is 10.4 Å². The van der Waals surface area contributed by atoms with Crippen molar-refractivity contribution in [3.05, 3.63) is 66.4 Å². The molecule has 28 heavy (non-hydrogen) atoms. The summed E-state index contributed by atoms with van der Waals surface area (Å²) in [4.78, 5) is 19.5. The minimum absolute atomic E-state index is 0.106. The molecule has 1 aliphatic rings. The number of aromatic nitrogens is 1. The molecule has 2 N–H and O–H groups in total. The Balaban J connectivity index is 1.46. The van der Waals surface area contributed by atoms with Crippen LogP contribution in [0, 0.1) is 0 Å². The van der Waals surface area contributed by atoms with Crippen LogP contribution in [0.4, 0.5) is 0 Å². The molecule has 2 aromatic carbocycles. The van der Waals surface area contributed by atoms with Gasteiger partial charge in [0, 0.05) is 50.4 Å². The summed E-state index contributed by atoms with van der Waals surface area (Å²) < 4.78 is 5.94. The number of carbonyl (C=O) groups is 1. The Labute approximate surface area is 164 Å². The third-order valence-corrected chi connectivity index (χ3v) is 4.89. The number of hydrogen-bond donors (Lipinski definition) is 2. The highest BCUT2D eigenvalue weighted by Crippen LogP contribution is 2.28. The minimum atomic E-state index is -0.106. The number of benzene rings is 2. The monoisotopic (exact) mass is 376 g/mol. The third-order valence-electron chi connectivity index (χ3n) is 4.89. The molecule has 0 spiro atoms.